The fourth-order valence-electron chi connectivity index (χ4n) is 1.72. The highest BCUT2D eigenvalue weighted by Crippen LogP contribution is 2.10. The summed E-state index contributed by atoms with van der Waals surface area (Å²) in [7, 11) is 0. The Kier molecular flexibility index (Phi) is 4.32. The second kappa shape index (κ2) is 5.37. The molecule has 102 valence electrons. The summed E-state index contributed by atoms with van der Waals surface area (Å²) in [5.41, 5.74) is -0.139. The van der Waals surface area contributed by atoms with Gasteiger partial charge in [-0.2, -0.15) is 0 Å². The zero-order valence-corrected chi connectivity index (χ0v) is 11.4. The minimum Gasteiger partial charge on any atom is -0.444 e. The Morgan fingerprint density at radius 1 is 1.44 bits per heavy atom. The molecule has 6 heteroatoms. The van der Waals surface area contributed by atoms with E-state index in [1.807, 2.05) is 0 Å². The van der Waals surface area contributed by atoms with Crippen LogP contribution in [0.25, 0.3) is 0 Å². The molecular weight excluding hydrogens is 234 g/mol. The Labute approximate surface area is 107 Å². The number of ether oxygens (including phenoxy) is 1. The second-order valence-electron chi connectivity index (χ2n) is 5.44. The zero-order chi connectivity index (χ0) is 13.9. The van der Waals surface area contributed by atoms with Gasteiger partial charge in [-0.1, -0.05) is 0 Å². The first-order valence-corrected chi connectivity index (χ1v) is 6.01. The van der Waals surface area contributed by atoms with Crippen LogP contribution in [0.3, 0.4) is 0 Å². The zero-order valence-electron chi connectivity index (χ0n) is 11.4. The van der Waals surface area contributed by atoms with Crippen molar-refractivity contribution < 1.29 is 14.3 Å². The van der Waals surface area contributed by atoms with Gasteiger partial charge in [0, 0.05) is 32.1 Å². The number of hydrogen-bond donors (Lipinski definition) is 2. The number of carbonyl (C=O) groups excluding carboxylic acids is 2. The third kappa shape index (κ3) is 4.35. The van der Waals surface area contributed by atoms with Crippen molar-refractivity contribution in [3.63, 3.8) is 0 Å². The molecule has 2 amide bonds. The van der Waals surface area contributed by atoms with Crippen molar-refractivity contribution >= 4 is 17.7 Å². The highest BCUT2D eigenvalue weighted by molar-refractivity contribution is 5.92. The lowest BCUT2D eigenvalue weighted by atomic mass is 10.0. The average Bonchev–Trinajstić information content (AvgIpc) is 2.18. The van der Waals surface area contributed by atoms with Crippen LogP contribution in [0.15, 0.2) is 0 Å². The molecule has 1 unspecified atom stereocenters. The lowest BCUT2D eigenvalue weighted by Gasteiger charge is -2.33. The molecule has 1 aliphatic rings. The van der Waals surface area contributed by atoms with E-state index >= 15 is 0 Å². The van der Waals surface area contributed by atoms with E-state index in [2.05, 4.69) is 5.32 Å². The van der Waals surface area contributed by atoms with Crippen LogP contribution < -0.4 is 5.32 Å². The highest BCUT2D eigenvalue weighted by atomic mass is 16.6. The largest absolute Gasteiger partial charge is 0.444 e. The standard InChI is InChI=1S/C12H21N3O3/c1-8(16)15-6-5-9(13)10(7-15)14-11(17)18-12(2,3)4/h10,13H,5-7H2,1-4H3,(H,14,17). The van der Waals surface area contributed by atoms with E-state index in [0.29, 0.717) is 25.2 Å². The number of hydrogen-bond acceptors (Lipinski definition) is 4. The molecule has 0 spiro atoms. The first-order chi connectivity index (χ1) is 8.19. The molecule has 18 heavy (non-hydrogen) atoms. The van der Waals surface area contributed by atoms with Gasteiger partial charge < -0.3 is 20.4 Å². The van der Waals surface area contributed by atoms with Crippen LogP contribution in [0.1, 0.15) is 34.1 Å². The maximum Gasteiger partial charge on any atom is 0.408 e. The van der Waals surface area contributed by atoms with Gasteiger partial charge in [-0.3, -0.25) is 4.79 Å². The Balaban J connectivity index is 2.56. The second-order valence-corrected chi connectivity index (χ2v) is 5.44. The number of nitrogens with one attached hydrogen (secondary N) is 2. The molecule has 1 fully saturated rings. The van der Waals surface area contributed by atoms with E-state index in [4.69, 9.17) is 10.1 Å². The van der Waals surface area contributed by atoms with E-state index in [1.54, 1.807) is 25.7 Å². The third-order valence-electron chi connectivity index (χ3n) is 2.61. The fourth-order valence-corrected chi connectivity index (χ4v) is 1.72. The first-order valence-electron chi connectivity index (χ1n) is 6.01. The van der Waals surface area contributed by atoms with Gasteiger partial charge in [0.25, 0.3) is 0 Å². The van der Waals surface area contributed by atoms with Crippen molar-refractivity contribution in [1.29, 1.82) is 5.41 Å². The van der Waals surface area contributed by atoms with Gasteiger partial charge >= 0.3 is 6.09 Å². The van der Waals surface area contributed by atoms with Gasteiger partial charge in [-0.15, -0.1) is 0 Å². The Morgan fingerprint density at radius 2 is 2.06 bits per heavy atom. The molecule has 0 aliphatic carbocycles. The summed E-state index contributed by atoms with van der Waals surface area (Å²) in [6.45, 7) is 7.70. The SMILES string of the molecule is CC(=O)N1CCC(=N)C(NC(=O)OC(C)(C)C)C1. The lowest BCUT2D eigenvalue weighted by molar-refractivity contribution is -0.129. The Bertz CT molecular complexity index is 360. The topological polar surface area (TPSA) is 82.5 Å². The maximum atomic E-state index is 11.6. The summed E-state index contributed by atoms with van der Waals surface area (Å²) in [4.78, 5) is 24.5. The predicted molar refractivity (Wildman–Crippen MR) is 67.8 cm³/mol. The normalized spacial score (nSPS) is 20.6. The molecule has 2 N–H and O–H groups in total. The van der Waals surface area contributed by atoms with E-state index in [-0.39, 0.29) is 5.91 Å². The van der Waals surface area contributed by atoms with Gasteiger partial charge in [-0.25, -0.2) is 4.79 Å². The van der Waals surface area contributed by atoms with Gasteiger partial charge in [0.15, 0.2) is 0 Å². The summed E-state index contributed by atoms with van der Waals surface area (Å²) in [5.74, 6) is -0.0431. The molecule has 1 atom stereocenters. The van der Waals surface area contributed by atoms with Crippen molar-refractivity contribution in [3.05, 3.63) is 0 Å². The van der Waals surface area contributed by atoms with Crippen molar-refractivity contribution in [1.82, 2.24) is 10.2 Å². The Hall–Kier alpha value is -1.59. The summed E-state index contributed by atoms with van der Waals surface area (Å²) >= 11 is 0. The average molecular weight is 255 g/mol. The number of amides is 2. The van der Waals surface area contributed by atoms with E-state index in [0.717, 1.165) is 0 Å². The van der Waals surface area contributed by atoms with Crippen LogP contribution in [0.2, 0.25) is 0 Å². The summed E-state index contributed by atoms with van der Waals surface area (Å²) in [6.07, 6.45) is -0.0669. The van der Waals surface area contributed by atoms with Crippen LogP contribution in [0, 0.1) is 5.41 Å². The summed E-state index contributed by atoms with van der Waals surface area (Å²) in [6, 6.07) is -0.447. The maximum absolute atomic E-state index is 11.6. The lowest BCUT2D eigenvalue weighted by Crippen LogP contribution is -2.54. The third-order valence-corrected chi connectivity index (χ3v) is 2.61. The molecule has 1 aliphatic heterocycles. The smallest absolute Gasteiger partial charge is 0.408 e. The molecule has 0 aromatic heterocycles. The number of alkyl carbamates (subject to hydrolysis) is 1. The number of carbonyl (C=O) groups is 2. The predicted octanol–water partition coefficient (Wildman–Crippen LogP) is 1.15. The monoisotopic (exact) mass is 255 g/mol. The molecule has 0 bridgehead atoms. The van der Waals surface area contributed by atoms with Gasteiger partial charge in [0.1, 0.15) is 5.60 Å². The van der Waals surface area contributed by atoms with Crippen LogP contribution in [-0.4, -0.2) is 47.3 Å². The molecule has 6 nitrogen and oxygen atoms in total. The number of nitrogens with zero attached hydrogens (tertiary/aromatic N) is 1. The minimum absolute atomic E-state index is 0.0431. The summed E-state index contributed by atoms with van der Waals surface area (Å²) < 4.78 is 5.13. The molecule has 0 aromatic carbocycles. The molecule has 0 radical (unpaired) electrons. The molecule has 1 heterocycles. The highest BCUT2D eigenvalue weighted by Gasteiger charge is 2.28. The summed E-state index contributed by atoms with van der Waals surface area (Å²) in [5, 5.41) is 10.4. The van der Waals surface area contributed by atoms with Crippen LogP contribution in [-0.2, 0) is 9.53 Å². The quantitative estimate of drug-likeness (QED) is 0.737. The van der Waals surface area contributed by atoms with Crippen molar-refractivity contribution in [2.45, 2.75) is 45.8 Å². The van der Waals surface area contributed by atoms with Crippen molar-refractivity contribution in [2.24, 2.45) is 0 Å². The van der Waals surface area contributed by atoms with Gasteiger partial charge in [0.2, 0.25) is 5.91 Å². The van der Waals surface area contributed by atoms with Crippen LogP contribution >= 0.6 is 0 Å². The number of piperidine rings is 1. The fraction of sp³-hybridized carbons (Fsp3) is 0.750. The first kappa shape index (κ1) is 14.5. The van der Waals surface area contributed by atoms with E-state index in [1.165, 1.54) is 6.92 Å². The molecule has 1 rings (SSSR count). The number of rotatable bonds is 1. The van der Waals surface area contributed by atoms with E-state index < -0.39 is 17.7 Å². The van der Waals surface area contributed by atoms with E-state index in [9.17, 15) is 9.59 Å². The minimum atomic E-state index is -0.568. The number of likely N-dealkylation sites (tertiary alicyclic amines) is 1. The van der Waals surface area contributed by atoms with Crippen molar-refractivity contribution in [2.75, 3.05) is 13.1 Å². The van der Waals surface area contributed by atoms with Crippen molar-refractivity contribution in [3.8, 4) is 0 Å². The van der Waals surface area contributed by atoms with Crippen LogP contribution in [0.4, 0.5) is 4.79 Å². The Morgan fingerprint density at radius 3 is 2.56 bits per heavy atom. The van der Waals surface area contributed by atoms with Gasteiger partial charge in [-0.05, 0) is 20.8 Å². The van der Waals surface area contributed by atoms with Crippen LogP contribution in [0.5, 0.6) is 0 Å². The molecular formula is C12H21N3O3. The molecule has 0 aromatic rings. The molecule has 0 saturated carbocycles. The van der Waals surface area contributed by atoms with Gasteiger partial charge in [0.05, 0.1) is 6.04 Å². The molecule has 1 saturated heterocycles.